The van der Waals surface area contributed by atoms with E-state index in [0.717, 1.165) is 13.1 Å². The van der Waals surface area contributed by atoms with Crippen LogP contribution in [0.4, 0.5) is 0 Å². The second kappa shape index (κ2) is 5.65. The van der Waals surface area contributed by atoms with Gasteiger partial charge in [0, 0.05) is 32.7 Å². The molecule has 0 amide bonds. The van der Waals surface area contributed by atoms with Crippen molar-refractivity contribution in [1.29, 1.82) is 0 Å². The number of hydrogen-bond donors (Lipinski definition) is 1. The topological polar surface area (TPSA) is 70.1 Å². The van der Waals surface area contributed by atoms with Crippen LogP contribution in [-0.2, 0) is 14.8 Å². The van der Waals surface area contributed by atoms with E-state index < -0.39 is 20.9 Å². The van der Waals surface area contributed by atoms with Crippen molar-refractivity contribution >= 4 is 10.0 Å². The molecule has 0 unspecified atom stereocenters. The second-order valence-electron chi connectivity index (χ2n) is 5.79. The van der Waals surface area contributed by atoms with E-state index in [0.29, 0.717) is 32.7 Å². The molecule has 1 atom stereocenters. The molecule has 112 valence electrons. The summed E-state index contributed by atoms with van der Waals surface area (Å²) in [4.78, 5) is 2.15. The Bertz CT molecular complexity index is 406. The highest BCUT2D eigenvalue weighted by atomic mass is 32.2. The van der Waals surface area contributed by atoms with Crippen molar-refractivity contribution in [2.24, 2.45) is 0 Å². The minimum Gasteiger partial charge on any atom is -0.387 e. The molecule has 7 heteroatoms. The fourth-order valence-electron chi connectivity index (χ4n) is 2.64. The van der Waals surface area contributed by atoms with Gasteiger partial charge in [-0.15, -0.1) is 0 Å². The Hall–Kier alpha value is -0.210. The van der Waals surface area contributed by atoms with Gasteiger partial charge in [-0.05, 0) is 20.3 Å². The first-order valence-corrected chi connectivity index (χ1v) is 8.35. The van der Waals surface area contributed by atoms with Crippen LogP contribution in [0.5, 0.6) is 0 Å². The van der Waals surface area contributed by atoms with Gasteiger partial charge in [0.05, 0.1) is 24.1 Å². The summed E-state index contributed by atoms with van der Waals surface area (Å²) in [6.07, 6.45) is 0.510. The van der Waals surface area contributed by atoms with Crippen molar-refractivity contribution in [3.8, 4) is 0 Å². The number of nitrogens with zero attached hydrogens (tertiary/aromatic N) is 2. The van der Waals surface area contributed by atoms with Crippen LogP contribution in [0.15, 0.2) is 0 Å². The standard InChI is InChI=1S/C12H24N2O4S/c1-11(2)19(16,17)14-4-3-12(15,10-14)9-13-5-7-18-8-6-13/h11,15H,3-10H2,1-2H3/t12-/m1/s1. The molecule has 2 heterocycles. The normalized spacial score (nSPS) is 31.2. The predicted molar refractivity (Wildman–Crippen MR) is 72.5 cm³/mol. The maximum absolute atomic E-state index is 12.1. The molecule has 2 aliphatic heterocycles. The average molecular weight is 292 g/mol. The van der Waals surface area contributed by atoms with E-state index in [1.807, 2.05) is 0 Å². The molecule has 19 heavy (non-hydrogen) atoms. The van der Waals surface area contributed by atoms with Crippen molar-refractivity contribution in [1.82, 2.24) is 9.21 Å². The summed E-state index contributed by atoms with van der Waals surface area (Å²) < 4.78 is 30.9. The summed E-state index contributed by atoms with van der Waals surface area (Å²) in [5, 5.41) is 10.1. The van der Waals surface area contributed by atoms with E-state index in [9.17, 15) is 13.5 Å². The van der Waals surface area contributed by atoms with Gasteiger partial charge < -0.3 is 9.84 Å². The van der Waals surface area contributed by atoms with Crippen LogP contribution >= 0.6 is 0 Å². The molecule has 2 saturated heterocycles. The molecule has 6 nitrogen and oxygen atoms in total. The molecule has 1 N–H and O–H groups in total. The molecule has 2 fully saturated rings. The SMILES string of the molecule is CC(C)S(=O)(=O)N1CC[C@@](O)(CN2CCOCC2)C1. The number of rotatable bonds is 4. The number of aliphatic hydroxyl groups is 1. The van der Waals surface area contributed by atoms with Crippen LogP contribution in [-0.4, -0.2) is 79.5 Å². The molecule has 0 saturated carbocycles. The maximum Gasteiger partial charge on any atom is 0.216 e. The third kappa shape index (κ3) is 3.46. The van der Waals surface area contributed by atoms with E-state index in [4.69, 9.17) is 4.74 Å². The molecule has 0 spiro atoms. The van der Waals surface area contributed by atoms with Crippen LogP contribution in [0, 0.1) is 0 Å². The molecule has 2 aliphatic rings. The lowest BCUT2D eigenvalue weighted by atomic mass is 10.0. The highest BCUT2D eigenvalue weighted by Gasteiger charge is 2.42. The van der Waals surface area contributed by atoms with E-state index >= 15 is 0 Å². The number of hydrogen-bond acceptors (Lipinski definition) is 5. The number of β-amino-alcohol motifs (C(OH)–C–C–N with tert-alkyl or cyclic N) is 1. The molecule has 0 aliphatic carbocycles. The Labute approximate surface area is 115 Å². The summed E-state index contributed by atoms with van der Waals surface area (Å²) in [6.45, 7) is 7.49. The largest absolute Gasteiger partial charge is 0.387 e. The van der Waals surface area contributed by atoms with Gasteiger partial charge >= 0.3 is 0 Å². The van der Waals surface area contributed by atoms with Crippen LogP contribution in [0.1, 0.15) is 20.3 Å². The molecule has 0 aromatic carbocycles. The van der Waals surface area contributed by atoms with Gasteiger partial charge in [-0.3, -0.25) is 4.90 Å². The fraction of sp³-hybridized carbons (Fsp3) is 1.00. The lowest BCUT2D eigenvalue weighted by molar-refractivity contribution is -0.0239. The second-order valence-corrected chi connectivity index (χ2v) is 8.28. The number of sulfonamides is 1. The molecule has 2 rings (SSSR count). The molecule has 0 aromatic rings. The van der Waals surface area contributed by atoms with Gasteiger partial charge in [0.15, 0.2) is 0 Å². The molecule has 0 aromatic heterocycles. The first-order chi connectivity index (χ1) is 8.83. The van der Waals surface area contributed by atoms with Crippen molar-refractivity contribution in [3.05, 3.63) is 0 Å². The van der Waals surface area contributed by atoms with Crippen LogP contribution in [0.25, 0.3) is 0 Å². The summed E-state index contributed by atoms with van der Waals surface area (Å²) >= 11 is 0. The first-order valence-electron chi connectivity index (χ1n) is 6.85. The smallest absolute Gasteiger partial charge is 0.216 e. The monoisotopic (exact) mass is 292 g/mol. The maximum atomic E-state index is 12.1. The Kier molecular flexibility index (Phi) is 4.52. The van der Waals surface area contributed by atoms with E-state index in [1.165, 1.54) is 4.31 Å². The quantitative estimate of drug-likeness (QED) is 0.756. The zero-order chi connectivity index (χ0) is 14.1. The zero-order valence-corrected chi connectivity index (χ0v) is 12.5. The highest BCUT2D eigenvalue weighted by Crippen LogP contribution is 2.26. The lowest BCUT2D eigenvalue weighted by Gasteiger charge is -2.33. The Morgan fingerprint density at radius 2 is 1.89 bits per heavy atom. The molecular weight excluding hydrogens is 268 g/mol. The summed E-state index contributed by atoms with van der Waals surface area (Å²) in [5.41, 5.74) is -0.917. The highest BCUT2D eigenvalue weighted by molar-refractivity contribution is 7.89. The Morgan fingerprint density at radius 3 is 2.47 bits per heavy atom. The van der Waals surface area contributed by atoms with E-state index in [-0.39, 0.29) is 6.54 Å². The molecule has 0 radical (unpaired) electrons. The van der Waals surface area contributed by atoms with Gasteiger partial charge in [0.1, 0.15) is 0 Å². The van der Waals surface area contributed by atoms with Crippen molar-refractivity contribution in [2.75, 3.05) is 45.9 Å². The van der Waals surface area contributed by atoms with Gasteiger partial charge in [-0.25, -0.2) is 8.42 Å². The minimum atomic E-state index is -3.26. The third-order valence-corrected chi connectivity index (χ3v) is 6.10. The third-order valence-electron chi connectivity index (χ3n) is 3.87. The van der Waals surface area contributed by atoms with Gasteiger partial charge in [0.2, 0.25) is 10.0 Å². The Morgan fingerprint density at radius 1 is 1.26 bits per heavy atom. The molecule has 0 bridgehead atoms. The fourth-order valence-corrected chi connectivity index (χ4v) is 4.00. The summed E-state index contributed by atoms with van der Waals surface area (Å²) in [5.74, 6) is 0. The molecular formula is C12H24N2O4S. The van der Waals surface area contributed by atoms with Gasteiger partial charge in [-0.1, -0.05) is 0 Å². The van der Waals surface area contributed by atoms with Crippen molar-refractivity contribution < 1.29 is 18.3 Å². The van der Waals surface area contributed by atoms with Crippen LogP contribution in [0.3, 0.4) is 0 Å². The number of ether oxygens (including phenoxy) is 1. The van der Waals surface area contributed by atoms with E-state index in [2.05, 4.69) is 4.90 Å². The number of morpholine rings is 1. The van der Waals surface area contributed by atoms with Crippen LogP contribution < -0.4 is 0 Å². The van der Waals surface area contributed by atoms with Crippen molar-refractivity contribution in [2.45, 2.75) is 31.1 Å². The Balaban J connectivity index is 1.96. The predicted octanol–water partition coefficient (Wildman–Crippen LogP) is -0.506. The average Bonchev–Trinajstić information content (AvgIpc) is 2.73. The minimum absolute atomic E-state index is 0.213. The van der Waals surface area contributed by atoms with Crippen molar-refractivity contribution in [3.63, 3.8) is 0 Å². The summed E-state index contributed by atoms with van der Waals surface area (Å²) in [7, 11) is -3.26. The summed E-state index contributed by atoms with van der Waals surface area (Å²) in [6, 6.07) is 0. The van der Waals surface area contributed by atoms with Gasteiger partial charge in [-0.2, -0.15) is 4.31 Å². The first kappa shape index (κ1) is 15.2. The van der Waals surface area contributed by atoms with E-state index in [1.54, 1.807) is 13.8 Å². The zero-order valence-electron chi connectivity index (χ0n) is 11.7. The van der Waals surface area contributed by atoms with Crippen LogP contribution in [0.2, 0.25) is 0 Å². The van der Waals surface area contributed by atoms with Gasteiger partial charge in [0.25, 0.3) is 0 Å². The lowest BCUT2D eigenvalue weighted by Crippen LogP contribution is -2.49.